The summed E-state index contributed by atoms with van der Waals surface area (Å²) in [6, 6.07) is 40.6. The van der Waals surface area contributed by atoms with Gasteiger partial charge in [-0.15, -0.1) is 0 Å². The second kappa shape index (κ2) is 12.5. The Labute approximate surface area is 206 Å². The number of rotatable bonds is 7. The lowest BCUT2D eigenvalue weighted by atomic mass is 10.0. The summed E-state index contributed by atoms with van der Waals surface area (Å²) in [5.74, 6) is 0. The van der Waals surface area contributed by atoms with E-state index in [0.29, 0.717) is 6.67 Å². The van der Waals surface area contributed by atoms with Gasteiger partial charge in [0.15, 0.2) is 0 Å². The zero-order valence-corrected chi connectivity index (χ0v) is 19.1. The first-order valence-electron chi connectivity index (χ1n) is 11.1. The number of benzene rings is 4. The van der Waals surface area contributed by atoms with Crippen molar-refractivity contribution in [1.29, 1.82) is 0 Å². The van der Waals surface area contributed by atoms with E-state index in [1.165, 1.54) is 22.4 Å². The molecule has 2 nitrogen and oxygen atoms in total. The molecule has 0 aliphatic heterocycles. The Balaban J connectivity index is 0.00000204. The highest BCUT2D eigenvalue weighted by Crippen LogP contribution is 2.32. The van der Waals surface area contributed by atoms with Crippen molar-refractivity contribution >= 4 is 28.3 Å². The maximum absolute atomic E-state index is 2.36. The molecule has 0 atom stereocenters. The minimum Gasteiger partial charge on any atom is -0.323 e. The van der Waals surface area contributed by atoms with Crippen molar-refractivity contribution in [3.8, 4) is 0 Å². The van der Waals surface area contributed by atoms with Gasteiger partial charge in [-0.25, -0.2) is 0 Å². The van der Waals surface area contributed by atoms with Crippen LogP contribution in [0.15, 0.2) is 121 Å². The molecule has 4 aromatic carbocycles. The van der Waals surface area contributed by atoms with E-state index in [2.05, 4.69) is 146 Å². The third-order valence-corrected chi connectivity index (χ3v) is 5.85. The lowest BCUT2D eigenvalue weighted by Gasteiger charge is -2.34. The van der Waals surface area contributed by atoms with Crippen LogP contribution in [0, 0.1) is 0 Å². The second-order valence-corrected chi connectivity index (χ2v) is 8.18. The molecule has 0 saturated carbocycles. The topological polar surface area (TPSA) is 6.48 Å². The largest absolute Gasteiger partial charge is 0.323 e. The first-order valence-corrected chi connectivity index (χ1v) is 11.1. The summed E-state index contributed by atoms with van der Waals surface area (Å²) in [5, 5.41) is 0. The van der Waals surface area contributed by atoms with Crippen LogP contribution in [0.3, 0.4) is 0 Å². The summed E-state index contributed by atoms with van der Waals surface area (Å²) in [4.78, 5) is 4.71. The number of hydrogen-bond donors (Lipinski definition) is 0. The summed E-state index contributed by atoms with van der Waals surface area (Å²) in [7, 11) is 0. The molecule has 0 radical (unpaired) electrons. The fourth-order valence-corrected chi connectivity index (χ4v) is 3.77. The van der Waals surface area contributed by atoms with E-state index in [1.54, 1.807) is 0 Å². The molecule has 0 fully saturated rings. The smallest absolute Gasteiger partial charge is 0.0999 e. The lowest BCUT2D eigenvalue weighted by molar-refractivity contribution is 0.926. The van der Waals surface area contributed by atoms with Crippen molar-refractivity contribution in [3.63, 3.8) is 0 Å². The second-order valence-electron chi connectivity index (χ2n) is 8.18. The average Bonchev–Trinajstić information content (AvgIpc) is 2.86. The van der Waals surface area contributed by atoms with Crippen molar-refractivity contribution in [1.82, 2.24) is 0 Å². The Hall–Kier alpha value is -3.78. The molecule has 0 saturated heterocycles. The fraction of sp³-hybridized carbons (Fsp3) is 0.188. The average molecular weight is 451 g/mol. The number of allylic oxidation sites excluding steroid dienone is 2. The first-order chi connectivity index (χ1) is 15.6. The minimum absolute atomic E-state index is 0. The van der Waals surface area contributed by atoms with Gasteiger partial charge in [-0.3, -0.25) is 0 Å². The number of anilines is 4. The zero-order valence-electron chi connectivity index (χ0n) is 19.1. The Kier molecular flexibility index (Phi) is 9.70. The van der Waals surface area contributed by atoms with Crippen LogP contribution in [0.4, 0.5) is 22.7 Å². The van der Waals surface area contributed by atoms with Crippen molar-refractivity contribution < 1.29 is 0 Å². The molecule has 0 spiro atoms. The summed E-state index contributed by atoms with van der Waals surface area (Å²) in [6.07, 6.45) is 0. The maximum Gasteiger partial charge on any atom is 0.0999 e. The highest BCUT2D eigenvalue weighted by molar-refractivity contribution is 5.72. The zero-order chi connectivity index (χ0) is 22.3. The van der Waals surface area contributed by atoms with Crippen LogP contribution < -0.4 is 9.80 Å². The normalized spacial score (nSPS) is 9.85. The molecular formula is C32H38N2. The summed E-state index contributed by atoms with van der Waals surface area (Å²) in [5.41, 5.74) is 8.60. The van der Waals surface area contributed by atoms with Crippen LogP contribution in [-0.2, 0) is 0 Å². The number of para-hydroxylation sites is 3. The monoisotopic (exact) mass is 450 g/mol. The van der Waals surface area contributed by atoms with Crippen LogP contribution in [0.1, 0.15) is 41.2 Å². The van der Waals surface area contributed by atoms with E-state index >= 15 is 0 Å². The molecule has 4 aromatic rings. The van der Waals surface area contributed by atoms with Crippen molar-refractivity contribution in [2.45, 2.75) is 35.6 Å². The molecule has 176 valence electrons. The van der Waals surface area contributed by atoms with Crippen LogP contribution in [0.5, 0.6) is 0 Å². The van der Waals surface area contributed by atoms with Crippen molar-refractivity contribution in [2.75, 3.05) is 16.5 Å². The predicted octanol–water partition coefficient (Wildman–Crippen LogP) is 9.71. The van der Waals surface area contributed by atoms with Crippen LogP contribution in [0.25, 0.3) is 5.57 Å². The van der Waals surface area contributed by atoms with E-state index in [-0.39, 0.29) is 14.9 Å². The van der Waals surface area contributed by atoms with Crippen LogP contribution >= 0.6 is 0 Å². The third-order valence-electron chi connectivity index (χ3n) is 5.85. The van der Waals surface area contributed by atoms with E-state index in [4.69, 9.17) is 0 Å². The van der Waals surface area contributed by atoms with Crippen molar-refractivity contribution in [3.05, 3.63) is 126 Å². The van der Waals surface area contributed by atoms with Crippen LogP contribution in [-0.4, -0.2) is 6.67 Å². The summed E-state index contributed by atoms with van der Waals surface area (Å²) < 4.78 is 0. The quantitative estimate of drug-likeness (QED) is 0.259. The van der Waals surface area contributed by atoms with E-state index in [1.807, 2.05) is 0 Å². The van der Waals surface area contributed by atoms with Crippen LogP contribution in [0.2, 0.25) is 0 Å². The maximum atomic E-state index is 2.36. The van der Waals surface area contributed by atoms with Gasteiger partial charge in [0, 0.05) is 22.7 Å². The molecule has 0 amide bonds. The SMILES string of the molecule is C.C.CC(C)=C(C)c1ccc(N(CN(c2ccccc2)c2ccccc2)c2ccccc2)cc1. The Morgan fingerprint density at radius 2 is 0.794 bits per heavy atom. The standard InChI is InChI=1S/C30H30N2.2CH4/c1-24(2)25(3)26-19-21-30(22-20-26)32(29-17-11-6-12-18-29)23-31(27-13-7-4-8-14-27)28-15-9-5-10-16-28;;/h4-22H,23H2,1-3H3;2*1H4. The molecule has 0 aliphatic rings. The fourth-order valence-electron chi connectivity index (χ4n) is 3.77. The number of hydrogen-bond acceptors (Lipinski definition) is 2. The Morgan fingerprint density at radius 3 is 1.12 bits per heavy atom. The summed E-state index contributed by atoms with van der Waals surface area (Å²) in [6.45, 7) is 7.21. The van der Waals surface area contributed by atoms with E-state index in [0.717, 1.165) is 17.1 Å². The minimum atomic E-state index is 0. The molecule has 0 bridgehead atoms. The van der Waals surface area contributed by atoms with Gasteiger partial charge in [0.1, 0.15) is 0 Å². The highest BCUT2D eigenvalue weighted by Gasteiger charge is 2.16. The summed E-state index contributed by atoms with van der Waals surface area (Å²) >= 11 is 0. The molecule has 0 heterocycles. The van der Waals surface area contributed by atoms with E-state index < -0.39 is 0 Å². The molecule has 0 unspecified atom stereocenters. The third kappa shape index (κ3) is 6.17. The molecule has 4 rings (SSSR count). The van der Waals surface area contributed by atoms with Crippen molar-refractivity contribution in [2.24, 2.45) is 0 Å². The predicted molar refractivity (Wildman–Crippen MR) is 152 cm³/mol. The van der Waals surface area contributed by atoms with E-state index in [9.17, 15) is 0 Å². The van der Waals surface area contributed by atoms with Gasteiger partial charge in [0.25, 0.3) is 0 Å². The first kappa shape index (κ1) is 26.5. The Morgan fingerprint density at radius 1 is 0.471 bits per heavy atom. The van der Waals surface area contributed by atoms with Gasteiger partial charge in [-0.1, -0.05) is 87.2 Å². The van der Waals surface area contributed by atoms with Gasteiger partial charge in [0.05, 0.1) is 6.67 Å². The lowest BCUT2D eigenvalue weighted by Crippen LogP contribution is -2.32. The molecule has 34 heavy (non-hydrogen) atoms. The Bertz CT molecular complexity index is 1100. The van der Waals surface area contributed by atoms with Gasteiger partial charge in [-0.05, 0) is 80.4 Å². The van der Waals surface area contributed by atoms with Gasteiger partial charge < -0.3 is 9.80 Å². The highest BCUT2D eigenvalue weighted by atomic mass is 15.3. The molecule has 2 heteroatoms. The van der Waals surface area contributed by atoms with Gasteiger partial charge >= 0.3 is 0 Å². The molecule has 0 aliphatic carbocycles. The molecule has 0 aromatic heterocycles. The number of nitrogens with zero attached hydrogens (tertiary/aromatic N) is 2. The van der Waals surface area contributed by atoms with Gasteiger partial charge in [0.2, 0.25) is 0 Å². The molecule has 0 N–H and O–H groups in total. The van der Waals surface area contributed by atoms with Gasteiger partial charge in [-0.2, -0.15) is 0 Å². The molecular weight excluding hydrogens is 412 g/mol.